The van der Waals surface area contributed by atoms with Crippen molar-refractivity contribution in [3.8, 4) is 11.5 Å². The number of carbonyl (C=O) groups is 1. The van der Waals surface area contributed by atoms with E-state index in [1.165, 1.54) is 0 Å². The molecular formula is C15H23N3O3. The first-order valence-corrected chi connectivity index (χ1v) is 6.87. The van der Waals surface area contributed by atoms with Crippen LogP contribution in [0.1, 0.15) is 13.8 Å². The van der Waals surface area contributed by atoms with Crippen LogP contribution in [0, 0.1) is 0 Å². The zero-order valence-electron chi connectivity index (χ0n) is 13.3. The van der Waals surface area contributed by atoms with Gasteiger partial charge in [-0.1, -0.05) is 0 Å². The van der Waals surface area contributed by atoms with Gasteiger partial charge in [0.1, 0.15) is 5.54 Å². The molecule has 1 fully saturated rings. The van der Waals surface area contributed by atoms with Gasteiger partial charge in [0, 0.05) is 32.3 Å². The number of likely N-dealkylation sites (N-methyl/N-ethyl adjacent to an activating group) is 1. The first kappa shape index (κ1) is 15.3. The van der Waals surface area contributed by atoms with Crippen molar-refractivity contribution < 1.29 is 14.3 Å². The van der Waals surface area contributed by atoms with Crippen molar-refractivity contribution in [2.24, 2.45) is 0 Å². The fourth-order valence-electron chi connectivity index (χ4n) is 2.75. The monoisotopic (exact) mass is 293 g/mol. The van der Waals surface area contributed by atoms with Crippen LogP contribution in [0.2, 0.25) is 0 Å². The molecule has 2 rings (SSSR count). The lowest BCUT2D eigenvalue weighted by atomic mass is 9.96. The van der Waals surface area contributed by atoms with E-state index in [0.29, 0.717) is 23.7 Å². The topological polar surface area (TPSA) is 68.0 Å². The van der Waals surface area contributed by atoms with E-state index in [1.807, 2.05) is 31.9 Å². The number of carbonyl (C=O) groups excluding carboxylic acids is 1. The molecule has 1 aliphatic heterocycles. The smallest absolute Gasteiger partial charge is 0.247 e. The Morgan fingerprint density at radius 3 is 2.29 bits per heavy atom. The summed E-state index contributed by atoms with van der Waals surface area (Å²) in [6, 6.07) is 3.56. The average molecular weight is 293 g/mol. The van der Waals surface area contributed by atoms with E-state index < -0.39 is 5.54 Å². The second-order valence-electron chi connectivity index (χ2n) is 5.70. The molecular weight excluding hydrogens is 270 g/mol. The second-order valence-corrected chi connectivity index (χ2v) is 5.70. The van der Waals surface area contributed by atoms with Crippen molar-refractivity contribution in [2.75, 3.05) is 45.0 Å². The standard InChI is InChI=1S/C15H23N3O3/c1-15(2)14(19)17(3)6-7-18(15)11-9-13(21-5)12(20-4)8-10(11)16/h8-9H,6-7,16H2,1-5H3. The van der Waals surface area contributed by atoms with Crippen molar-refractivity contribution in [1.29, 1.82) is 0 Å². The molecule has 1 aliphatic rings. The summed E-state index contributed by atoms with van der Waals surface area (Å²) in [4.78, 5) is 16.2. The van der Waals surface area contributed by atoms with Crippen molar-refractivity contribution in [3.63, 3.8) is 0 Å². The van der Waals surface area contributed by atoms with E-state index in [4.69, 9.17) is 15.2 Å². The summed E-state index contributed by atoms with van der Waals surface area (Å²) in [7, 11) is 4.97. The van der Waals surface area contributed by atoms with Gasteiger partial charge < -0.3 is 25.0 Å². The SMILES string of the molecule is COc1cc(N)c(N2CCN(C)C(=O)C2(C)C)cc1OC. The summed E-state index contributed by atoms with van der Waals surface area (Å²) < 4.78 is 10.6. The number of nitrogen functional groups attached to an aromatic ring is 1. The molecule has 0 saturated carbocycles. The predicted molar refractivity (Wildman–Crippen MR) is 83.0 cm³/mol. The minimum Gasteiger partial charge on any atom is -0.493 e. The van der Waals surface area contributed by atoms with Crippen LogP contribution in [0.5, 0.6) is 11.5 Å². The Labute approximate surface area is 125 Å². The maximum atomic E-state index is 12.4. The first-order valence-electron chi connectivity index (χ1n) is 6.87. The van der Waals surface area contributed by atoms with Crippen LogP contribution in [0.25, 0.3) is 0 Å². The third-order valence-corrected chi connectivity index (χ3v) is 4.03. The average Bonchev–Trinajstić information content (AvgIpc) is 2.45. The lowest BCUT2D eigenvalue weighted by Crippen LogP contribution is -2.62. The van der Waals surface area contributed by atoms with E-state index in [-0.39, 0.29) is 5.91 Å². The second kappa shape index (κ2) is 5.35. The highest BCUT2D eigenvalue weighted by atomic mass is 16.5. The van der Waals surface area contributed by atoms with Gasteiger partial charge in [-0.25, -0.2) is 0 Å². The molecule has 0 spiro atoms. The predicted octanol–water partition coefficient (Wildman–Crippen LogP) is 1.34. The molecule has 6 heteroatoms. The summed E-state index contributed by atoms with van der Waals surface area (Å²) in [6.07, 6.45) is 0. The number of hydrogen-bond acceptors (Lipinski definition) is 5. The highest BCUT2D eigenvalue weighted by molar-refractivity contribution is 5.92. The van der Waals surface area contributed by atoms with Crippen LogP contribution in [0.3, 0.4) is 0 Å². The number of hydrogen-bond donors (Lipinski definition) is 1. The molecule has 21 heavy (non-hydrogen) atoms. The number of ether oxygens (including phenoxy) is 2. The Morgan fingerprint density at radius 1 is 1.14 bits per heavy atom. The van der Waals surface area contributed by atoms with Crippen molar-refractivity contribution in [2.45, 2.75) is 19.4 Å². The lowest BCUT2D eigenvalue weighted by molar-refractivity contribution is -0.136. The highest BCUT2D eigenvalue weighted by Gasteiger charge is 2.41. The Balaban J connectivity index is 2.48. The maximum Gasteiger partial charge on any atom is 0.247 e. The van der Waals surface area contributed by atoms with Crippen LogP contribution in [0.15, 0.2) is 12.1 Å². The van der Waals surface area contributed by atoms with E-state index in [2.05, 4.69) is 0 Å². The van der Waals surface area contributed by atoms with E-state index in [0.717, 1.165) is 12.2 Å². The minimum atomic E-state index is -0.652. The number of amides is 1. The number of piperazine rings is 1. The molecule has 0 aromatic heterocycles. The molecule has 0 atom stereocenters. The Morgan fingerprint density at radius 2 is 1.71 bits per heavy atom. The van der Waals surface area contributed by atoms with Crippen LogP contribution < -0.4 is 20.1 Å². The van der Waals surface area contributed by atoms with Crippen LogP contribution in [-0.4, -0.2) is 50.7 Å². The highest BCUT2D eigenvalue weighted by Crippen LogP contribution is 2.40. The van der Waals surface area contributed by atoms with Crippen LogP contribution in [-0.2, 0) is 4.79 Å². The number of benzene rings is 1. The zero-order valence-corrected chi connectivity index (χ0v) is 13.3. The molecule has 0 radical (unpaired) electrons. The van der Waals surface area contributed by atoms with Crippen molar-refractivity contribution >= 4 is 17.3 Å². The van der Waals surface area contributed by atoms with Crippen molar-refractivity contribution in [3.05, 3.63) is 12.1 Å². The van der Waals surface area contributed by atoms with Gasteiger partial charge in [-0.05, 0) is 13.8 Å². The summed E-state index contributed by atoms with van der Waals surface area (Å²) in [5, 5.41) is 0. The van der Waals surface area contributed by atoms with Gasteiger partial charge in [0.25, 0.3) is 0 Å². The summed E-state index contributed by atoms with van der Waals surface area (Å²) >= 11 is 0. The Hall–Kier alpha value is -2.11. The van der Waals surface area contributed by atoms with Gasteiger partial charge >= 0.3 is 0 Å². The number of rotatable bonds is 3. The normalized spacial score (nSPS) is 17.9. The molecule has 6 nitrogen and oxygen atoms in total. The third-order valence-electron chi connectivity index (χ3n) is 4.03. The van der Waals surface area contributed by atoms with Crippen molar-refractivity contribution in [1.82, 2.24) is 4.90 Å². The Bertz CT molecular complexity index is 557. The molecule has 1 aromatic carbocycles. The summed E-state index contributed by atoms with van der Waals surface area (Å²) in [5.41, 5.74) is 6.86. The minimum absolute atomic E-state index is 0.0722. The van der Waals surface area contributed by atoms with E-state index in [1.54, 1.807) is 25.2 Å². The Kier molecular flexibility index (Phi) is 3.89. The fraction of sp³-hybridized carbons (Fsp3) is 0.533. The summed E-state index contributed by atoms with van der Waals surface area (Å²) in [5.74, 6) is 1.25. The third kappa shape index (κ3) is 2.46. The van der Waals surface area contributed by atoms with Gasteiger partial charge in [-0.3, -0.25) is 4.79 Å². The quantitative estimate of drug-likeness (QED) is 0.852. The van der Waals surface area contributed by atoms with Gasteiger partial charge in [-0.2, -0.15) is 0 Å². The molecule has 0 unspecified atom stereocenters. The largest absolute Gasteiger partial charge is 0.493 e. The molecule has 1 saturated heterocycles. The number of methoxy groups -OCH3 is 2. The molecule has 0 bridgehead atoms. The van der Waals surface area contributed by atoms with E-state index >= 15 is 0 Å². The molecule has 1 aromatic rings. The molecule has 0 aliphatic carbocycles. The number of anilines is 2. The van der Waals surface area contributed by atoms with Gasteiger partial charge in [0.15, 0.2) is 11.5 Å². The molecule has 1 amide bonds. The van der Waals surface area contributed by atoms with Gasteiger partial charge in [0.2, 0.25) is 5.91 Å². The van der Waals surface area contributed by atoms with E-state index in [9.17, 15) is 4.79 Å². The van der Waals surface area contributed by atoms with Crippen LogP contribution in [0.4, 0.5) is 11.4 Å². The van der Waals surface area contributed by atoms with Gasteiger partial charge in [-0.15, -0.1) is 0 Å². The number of nitrogens with two attached hydrogens (primary N) is 1. The molecule has 1 heterocycles. The zero-order chi connectivity index (χ0) is 15.8. The van der Waals surface area contributed by atoms with Crippen LogP contribution >= 0.6 is 0 Å². The fourth-order valence-corrected chi connectivity index (χ4v) is 2.75. The van der Waals surface area contributed by atoms with Gasteiger partial charge in [0.05, 0.1) is 25.6 Å². The maximum absolute atomic E-state index is 12.4. The molecule has 2 N–H and O–H groups in total. The summed E-state index contributed by atoms with van der Waals surface area (Å²) in [6.45, 7) is 5.19. The lowest BCUT2D eigenvalue weighted by Gasteiger charge is -2.46. The first-order chi connectivity index (χ1) is 9.82. The number of nitrogens with zero attached hydrogens (tertiary/aromatic N) is 2. The molecule has 116 valence electrons.